The van der Waals surface area contributed by atoms with Crippen molar-refractivity contribution in [3.63, 3.8) is 0 Å². The van der Waals surface area contributed by atoms with Crippen LogP contribution in [0.3, 0.4) is 0 Å². The van der Waals surface area contributed by atoms with Crippen molar-refractivity contribution in [2.24, 2.45) is 11.8 Å². The summed E-state index contributed by atoms with van der Waals surface area (Å²) in [6.45, 7) is 7.09. The molecule has 0 saturated heterocycles. The Balaban J connectivity index is 2.05. The average molecular weight is 244 g/mol. The fourth-order valence-electron chi connectivity index (χ4n) is 2.84. The van der Waals surface area contributed by atoms with Crippen molar-refractivity contribution < 1.29 is 0 Å². The Morgan fingerprint density at radius 1 is 1.18 bits per heavy atom. The first-order chi connectivity index (χ1) is 8.16. The van der Waals surface area contributed by atoms with Crippen LogP contribution in [0.25, 0.3) is 0 Å². The van der Waals surface area contributed by atoms with Crippen molar-refractivity contribution >= 4 is 14.7 Å². The van der Waals surface area contributed by atoms with Gasteiger partial charge in [0.1, 0.15) is 0 Å². The molecule has 1 aromatic rings. The van der Waals surface area contributed by atoms with E-state index in [1.54, 1.807) is 10.8 Å². The van der Waals surface area contributed by atoms with Crippen molar-refractivity contribution in [2.45, 2.75) is 39.2 Å². The van der Waals surface area contributed by atoms with E-state index in [9.17, 15) is 0 Å². The molecule has 2 atom stereocenters. The lowest BCUT2D eigenvalue weighted by molar-refractivity contribution is 0.350. The number of hydrogen-bond donors (Lipinski definition) is 0. The van der Waals surface area contributed by atoms with Gasteiger partial charge in [-0.3, -0.25) is 0 Å². The Hall–Kier alpha value is -0.823. The van der Waals surface area contributed by atoms with Gasteiger partial charge in [-0.25, -0.2) is 0 Å². The smallest absolute Gasteiger partial charge is 0.0620 e. The molecule has 92 valence electrons. The fraction of sp³-hybridized carbons (Fsp3) is 0.500. The van der Waals surface area contributed by atoms with Crippen molar-refractivity contribution in [1.82, 2.24) is 0 Å². The maximum Gasteiger partial charge on any atom is 0.0620 e. The van der Waals surface area contributed by atoms with Gasteiger partial charge in [-0.1, -0.05) is 61.0 Å². The van der Waals surface area contributed by atoms with E-state index in [1.807, 2.05) is 0 Å². The van der Waals surface area contributed by atoms with E-state index in [0.29, 0.717) is 0 Å². The van der Waals surface area contributed by atoms with Gasteiger partial charge in [0, 0.05) is 0 Å². The molecule has 0 N–H and O–H groups in total. The highest BCUT2D eigenvalue weighted by Gasteiger charge is 2.24. The average Bonchev–Trinajstić information content (AvgIpc) is 2.33. The van der Waals surface area contributed by atoms with Gasteiger partial charge in [0.25, 0.3) is 0 Å². The van der Waals surface area contributed by atoms with Gasteiger partial charge in [-0.15, -0.1) is 0 Å². The van der Waals surface area contributed by atoms with E-state index in [4.69, 9.17) is 0 Å². The first-order valence-electron chi connectivity index (χ1n) is 6.87. The van der Waals surface area contributed by atoms with Gasteiger partial charge < -0.3 is 0 Å². The number of rotatable bonds is 3. The summed E-state index contributed by atoms with van der Waals surface area (Å²) in [6, 6.07) is 11.1. The molecule has 0 bridgehead atoms. The van der Waals surface area contributed by atoms with Crippen LogP contribution in [0, 0.1) is 11.8 Å². The third-order valence-corrected chi connectivity index (χ3v) is 6.65. The van der Waals surface area contributed by atoms with Crippen molar-refractivity contribution in [3.05, 3.63) is 42.0 Å². The Morgan fingerprint density at radius 3 is 2.53 bits per heavy atom. The Labute approximate surface area is 108 Å². The highest BCUT2D eigenvalue weighted by molar-refractivity contribution is 6.55. The van der Waals surface area contributed by atoms with E-state index in [2.05, 4.69) is 57.2 Å². The summed E-state index contributed by atoms with van der Waals surface area (Å²) in [4.78, 5) is 0. The minimum absolute atomic E-state index is 0.137. The normalized spacial score (nSPS) is 25.5. The molecule has 2 rings (SSSR count). The molecule has 17 heavy (non-hydrogen) atoms. The van der Waals surface area contributed by atoms with Gasteiger partial charge in [0.2, 0.25) is 0 Å². The predicted octanol–water partition coefficient (Wildman–Crippen LogP) is 3.28. The lowest BCUT2D eigenvalue weighted by atomic mass is 9.82. The van der Waals surface area contributed by atoms with Crippen LogP contribution in [0.4, 0.5) is 0 Å². The molecule has 0 heterocycles. The third-order valence-electron chi connectivity index (χ3n) is 4.24. The maximum atomic E-state index is 2.51. The lowest BCUT2D eigenvalue weighted by Gasteiger charge is -2.30. The molecule has 1 heteroatoms. The summed E-state index contributed by atoms with van der Waals surface area (Å²) in [5.41, 5.74) is 2.57. The Kier molecular flexibility index (Phi) is 4.22. The van der Waals surface area contributed by atoms with E-state index in [-0.39, 0.29) is 9.52 Å². The summed E-state index contributed by atoms with van der Waals surface area (Å²) < 4.78 is 0. The van der Waals surface area contributed by atoms with Gasteiger partial charge in [-0.2, -0.15) is 0 Å². The SMILES string of the molecule is CC1=CCC(C(C)C)CC1[SiH2]c1ccccc1. The summed E-state index contributed by atoms with van der Waals surface area (Å²) in [5, 5.41) is 1.62. The minimum atomic E-state index is -0.137. The van der Waals surface area contributed by atoms with E-state index in [0.717, 1.165) is 17.4 Å². The van der Waals surface area contributed by atoms with Crippen LogP contribution in [0.1, 0.15) is 33.6 Å². The molecule has 0 aliphatic heterocycles. The number of allylic oxidation sites excluding steroid dienone is 2. The monoisotopic (exact) mass is 244 g/mol. The standard InChI is InChI=1S/C16H24Si/c1-12(2)14-10-9-13(3)16(11-14)17-15-7-5-4-6-8-15/h4-9,12,14,16H,10-11,17H2,1-3H3. The van der Waals surface area contributed by atoms with Gasteiger partial charge in [-0.05, 0) is 37.1 Å². The molecule has 0 aromatic heterocycles. The van der Waals surface area contributed by atoms with Crippen LogP contribution >= 0.6 is 0 Å². The van der Waals surface area contributed by atoms with E-state index in [1.165, 1.54) is 12.8 Å². The Bertz CT molecular complexity index is 378. The van der Waals surface area contributed by atoms with Gasteiger partial charge in [0.15, 0.2) is 0 Å². The lowest BCUT2D eigenvalue weighted by Crippen LogP contribution is -2.25. The zero-order valence-electron chi connectivity index (χ0n) is 11.3. The van der Waals surface area contributed by atoms with Crippen LogP contribution in [0.15, 0.2) is 42.0 Å². The van der Waals surface area contributed by atoms with Crippen molar-refractivity contribution in [2.75, 3.05) is 0 Å². The molecular weight excluding hydrogens is 220 g/mol. The fourth-order valence-corrected chi connectivity index (χ4v) is 5.04. The van der Waals surface area contributed by atoms with E-state index < -0.39 is 0 Å². The topological polar surface area (TPSA) is 0 Å². The van der Waals surface area contributed by atoms with Crippen LogP contribution in [0.2, 0.25) is 5.54 Å². The minimum Gasteiger partial charge on any atom is -0.0853 e. The quantitative estimate of drug-likeness (QED) is 0.565. The maximum absolute atomic E-state index is 2.51. The molecule has 0 fully saturated rings. The summed E-state index contributed by atoms with van der Waals surface area (Å²) in [5.74, 6) is 1.76. The van der Waals surface area contributed by atoms with Gasteiger partial charge >= 0.3 is 0 Å². The first kappa shape index (κ1) is 12.6. The molecule has 0 nitrogen and oxygen atoms in total. The third kappa shape index (κ3) is 3.32. The Morgan fingerprint density at radius 2 is 1.88 bits per heavy atom. The highest BCUT2D eigenvalue weighted by Crippen LogP contribution is 2.36. The first-order valence-corrected chi connectivity index (χ1v) is 8.39. The molecule has 0 saturated carbocycles. The van der Waals surface area contributed by atoms with Gasteiger partial charge in [0.05, 0.1) is 9.52 Å². The molecule has 0 amide bonds. The molecule has 1 aliphatic carbocycles. The molecule has 0 radical (unpaired) electrons. The van der Waals surface area contributed by atoms with Crippen LogP contribution in [-0.4, -0.2) is 9.52 Å². The second-order valence-corrected chi connectivity index (χ2v) is 8.02. The summed E-state index contributed by atoms with van der Waals surface area (Å²) >= 11 is 0. The second-order valence-electron chi connectivity index (χ2n) is 5.81. The van der Waals surface area contributed by atoms with Crippen molar-refractivity contribution in [3.8, 4) is 0 Å². The van der Waals surface area contributed by atoms with Crippen molar-refractivity contribution in [1.29, 1.82) is 0 Å². The zero-order valence-corrected chi connectivity index (χ0v) is 12.7. The number of hydrogen-bond acceptors (Lipinski definition) is 0. The molecule has 0 spiro atoms. The summed E-state index contributed by atoms with van der Waals surface area (Å²) in [6.07, 6.45) is 5.25. The zero-order chi connectivity index (χ0) is 12.3. The largest absolute Gasteiger partial charge is 0.0853 e. The predicted molar refractivity (Wildman–Crippen MR) is 79.7 cm³/mol. The molecule has 1 aliphatic rings. The van der Waals surface area contributed by atoms with E-state index >= 15 is 0 Å². The van der Waals surface area contributed by atoms with Crippen LogP contribution < -0.4 is 5.19 Å². The summed E-state index contributed by atoms with van der Waals surface area (Å²) in [7, 11) is -0.137. The highest BCUT2D eigenvalue weighted by atomic mass is 28.2. The number of benzene rings is 1. The van der Waals surface area contributed by atoms with Crippen LogP contribution in [0.5, 0.6) is 0 Å². The second kappa shape index (κ2) is 5.68. The molecular formula is C16H24Si. The molecule has 2 unspecified atom stereocenters. The molecule has 1 aromatic carbocycles. The van der Waals surface area contributed by atoms with Crippen LogP contribution in [-0.2, 0) is 0 Å².